The molecule has 0 amide bonds. The van der Waals surface area contributed by atoms with Gasteiger partial charge in [0.1, 0.15) is 12.4 Å². The maximum Gasteiger partial charge on any atom is 0.119 e. The molecule has 0 aliphatic carbocycles. The molecule has 2 aromatic carbocycles. The van der Waals surface area contributed by atoms with Gasteiger partial charge in [-0.25, -0.2) is 0 Å². The Kier molecular flexibility index (Phi) is 5.45. The van der Waals surface area contributed by atoms with Gasteiger partial charge in [0.05, 0.1) is 0 Å². The molecule has 0 saturated heterocycles. The first-order valence-corrected chi connectivity index (χ1v) is 7.21. The lowest BCUT2D eigenvalue weighted by Gasteiger charge is -2.10. The average molecular weight is 290 g/mol. The summed E-state index contributed by atoms with van der Waals surface area (Å²) in [7, 11) is 0. The molecule has 106 valence electrons. The van der Waals surface area contributed by atoms with Crippen LogP contribution in [0.5, 0.6) is 5.75 Å². The van der Waals surface area contributed by atoms with E-state index in [0.29, 0.717) is 12.6 Å². The minimum Gasteiger partial charge on any atom is -0.489 e. The summed E-state index contributed by atoms with van der Waals surface area (Å²) in [5.41, 5.74) is 2.44. The number of ether oxygens (including phenoxy) is 1. The normalized spacial score (nSPS) is 10.8. The highest BCUT2D eigenvalue weighted by atomic mass is 35.5. The molecule has 0 spiro atoms. The fourth-order valence-corrected chi connectivity index (χ4v) is 1.97. The summed E-state index contributed by atoms with van der Waals surface area (Å²) in [5, 5.41) is 4.13. The lowest BCUT2D eigenvalue weighted by Crippen LogP contribution is -2.21. The van der Waals surface area contributed by atoms with Gasteiger partial charge in [-0.2, -0.15) is 0 Å². The van der Waals surface area contributed by atoms with Gasteiger partial charge in [0, 0.05) is 17.6 Å². The van der Waals surface area contributed by atoms with Gasteiger partial charge >= 0.3 is 0 Å². The molecular formula is C17H20ClNO. The van der Waals surface area contributed by atoms with Gasteiger partial charge in [-0.15, -0.1) is 0 Å². The van der Waals surface area contributed by atoms with Gasteiger partial charge in [0.15, 0.2) is 0 Å². The third-order valence-electron chi connectivity index (χ3n) is 2.92. The average Bonchev–Trinajstić information content (AvgIpc) is 2.45. The monoisotopic (exact) mass is 289 g/mol. The molecule has 2 nitrogen and oxygen atoms in total. The first-order chi connectivity index (χ1) is 9.63. The standard InChI is InChI=1S/C17H20ClNO/c1-13(2)19-11-14-4-3-5-15(10-14)12-20-17-8-6-16(18)7-9-17/h3-10,13,19H,11-12H2,1-2H3. The predicted molar refractivity (Wildman–Crippen MR) is 84.2 cm³/mol. The second-order valence-corrected chi connectivity index (χ2v) is 5.53. The van der Waals surface area contributed by atoms with Gasteiger partial charge in [-0.1, -0.05) is 49.7 Å². The van der Waals surface area contributed by atoms with Crippen LogP contribution in [0, 0.1) is 0 Å². The van der Waals surface area contributed by atoms with Crippen LogP contribution in [0.1, 0.15) is 25.0 Å². The first-order valence-electron chi connectivity index (χ1n) is 6.83. The highest BCUT2D eigenvalue weighted by Crippen LogP contribution is 2.17. The molecule has 0 aromatic heterocycles. The van der Waals surface area contributed by atoms with Crippen molar-refractivity contribution < 1.29 is 4.74 Å². The molecule has 0 aliphatic rings. The number of rotatable bonds is 6. The lowest BCUT2D eigenvalue weighted by molar-refractivity contribution is 0.306. The number of nitrogens with one attached hydrogen (secondary N) is 1. The molecule has 0 radical (unpaired) electrons. The fourth-order valence-electron chi connectivity index (χ4n) is 1.85. The molecule has 3 heteroatoms. The topological polar surface area (TPSA) is 21.3 Å². The number of benzene rings is 2. The Balaban J connectivity index is 1.92. The molecule has 20 heavy (non-hydrogen) atoms. The second-order valence-electron chi connectivity index (χ2n) is 5.10. The van der Waals surface area contributed by atoms with Crippen LogP contribution in [0.3, 0.4) is 0 Å². The first kappa shape index (κ1) is 14.9. The molecule has 0 fully saturated rings. The highest BCUT2D eigenvalue weighted by molar-refractivity contribution is 6.30. The highest BCUT2D eigenvalue weighted by Gasteiger charge is 1.99. The van der Waals surface area contributed by atoms with Crippen molar-refractivity contribution in [2.75, 3.05) is 0 Å². The molecule has 0 saturated carbocycles. The van der Waals surface area contributed by atoms with Crippen LogP contribution in [-0.4, -0.2) is 6.04 Å². The van der Waals surface area contributed by atoms with Crippen molar-refractivity contribution in [2.24, 2.45) is 0 Å². The van der Waals surface area contributed by atoms with E-state index in [1.807, 2.05) is 24.3 Å². The molecule has 0 aliphatic heterocycles. The summed E-state index contributed by atoms with van der Waals surface area (Å²) in [6, 6.07) is 16.4. The van der Waals surface area contributed by atoms with Gasteiger partial charge < -0.3 is 10.1 Å². The van der Waals surface area contributed by atoms with Crippen LogP contribution in [0.4, 0.5) is 0 Å². The van der Waals surface area contributed by atoms with Crippen LogP contribution >= 0.6 is 11.6 Å². The molecule has 2 aromatic rings. The minimum absolute atomic E-state index is 0.490. The van der Waals surface area contributed by atoms with Gasteiger partial charge in [0.25, 0.3) is 0 Å². The van der Waals surface area contributed by atoms with Crippen molar-refractivity contribution in [3.63, 3.8) is 0 Å². The summed E-state index contributed by atoms with van der Waals surface area (Å²) in [5.74, 6) is 0.833. The zero-order valence-corrected chi connectivity index (χ0v) is 12.7. The second kappa shape index (κ2) is 7.32. The van der Waals surface area contributed by atoms with Gasteiger partial charge in [-0.05, 0) is 35.4 Å². The Morgan fingerprint density at radius 2 is 1.75 bits per heavy atom. The van der Waals surface area contributed by atoms with Crippen molar-refractivity contribution >= 4 is 11.6 Å². The summed E-state index contributed by atoms with van der Waals surface area (Å²) < 4.78 is 5.75. The number of hydrogen-bond donors (Lipinski definition) is 1. The molecule has 0 heterocycles. The number of hydrogen-bond acceptors (Lipinski definition) is 2. The van der Waals surface area contributed by atoms with Crippen molar-refractivity contribution in [3.05, 3.63) is 64.7 Å². The lowest BCUT2D eigenvalue weighted by atomic mass is 10.1. The quantitative estimate of drug-likeness (QED) is 0.850. The van der Waals surface area contributed by atoms with E-state index in [1.54, 1.807) is 0 Å². The fraction of sp³-hybridized carbons (Fsp3) is 0.294. The maximum atomic E-state index is 5.85. The Hall–Kier alpha value is -1.51. The van der Waals surface area contributed by atoms with Gasteiger partial charge in [0.2, 0.25) is 0 Å². The molecule has 0 bridgehead atoms. The van der Waals surface area contributed by atoms with E-state index < -0.39 is 0 Å². The SMILES string of the molecule is CC(C)NCc1cccc(COc2ccc(Cl)cc2)c1. The van der Waals surface area contributed by atoms with Crippen molar-refractivity contribution in [1.29, 1.82) is 0 Å². The van der Waals surface area contributed by atoms with E-state index in [-0.39, 0.29) is 0 Å². The van der Waals surface area contributed by atoms with E-state index in [9.17, 15) is 0 Å². The summed E-state index contributed by atoms with van der Waals surface area (Å²) in [6.45, 7) is 5.74. The largest absolute Gasteiger partial charge is 0.489 e. The van der Waals surface area contributed by atoms with Crippen LogP contribution in [0.15, 0.2) is 48.5 Å². The molecule has 1 N–H and O–H groups in total. The van der Waals surface area contributed by atoms with Crippen molar-refractivity contribution in [1.82, 2.24) is 5.32 Å². The number of halogens is 1. The van der Waals surface area contributed by atoms with E-state index >= 15 is 0 Å². The van der Waals surface area contributed by atoms with Crippen LogP contribution in [-0.2, 0) is 13.2 Å². The Bertz CT molecular complexity index is 537. The summed E-state index contributed by atoms with van der Waals surface area (Å²) >= 11 is 5.85. The third kappa shape index (κ3) is 4.87. The predicted octanol–water partition coefficient (Wildman–Crippen LogP) is 4.42. The molecule has 0 unspecified atom stereocenters. The smallest absolute Gasteiger partial charge is 0.119 e. The third-order valence-corrected chi connectivity index (χ3v) is 3.18. The molecule has 2 rings (SSSR count). The van der Waals surface area contributed by atoms with Gasteiger partial charge in [-0.3, -0.25) is 0 Å². The Morgan fingerprint density at radius 1 is 1.05 bits per heavy atom. The minimum atomic E-state index is 0.490. The van der Waals surface area contributed by atoms with Crippen LogP contribution < -0.4 is 10.1 Å². The summed E-state index contributed by atoms with van der Waals surface area (Å²) in [6.07, 6.45) is 0. The zero-order chi connectivity index (χ0) is 14.4. The van der Waals surface area contributed by atoms with Crippen LogP contribution in [0.25, 0.3) is 0 Å². The Morgan fingerprint density at radius 3 is 2.45 bits per heavy atom. The maximum absolute atomic E-state index is 5.85. The van der Waals surface area contributed by atoms with E-state index in [4.69, 9.17) is 16.3 Å². The van der Waals surface area contributed by atoms with Crippen molar-refractivity contribution in [3.8, 4) is 5.75 Å². The molecular weight excluding hydrogens is 270 g/mol. The Labute approximate surface area is 125 Å². The van der Waals surface area contributed by atoms with Crippen LogP contribution in [0.2, 0.25) is 5.02 Å². The van der Waals surface area contributed by atoms with E-state index in [0.717, 1.165) is 17.3 Å². The van der Waals surface area contributed by atoms with E-state index in [2.05, 4.69) is 43.4 Å². The van der Waals surface area contributed by atoms with E-state index in [1.165, 1.54) is 11.1 Å². The van der Waals surface area contributed by atoms with Crippen molar-refractivity contribution in [2.45, 2.75) is 33.0 Å². The molecule has 0 atom stereocenters. The summed E-state index contributed by atoms with van der Waals surface area (Å²) in [4.78, 5) is 0. The zero-order valence-electron chi connectivity index (χ0n) is 11.9.